The Kier molecular flexibility index (Phi) is 6.15. The predicted octanol–water partition coefficient (Wildman–Crippen LogP) is 2.23. The van der Waals surface area contributed by atoms with Gasteiger partial charge in [-0.3, -0.25) is 9.88 Å². The van der Waals surface area contributed by atoms with E-state index >= 15 is 0 Å². The van der Waals surface area contributed by atoms with Crippen molar-refractivity contribution in [3.63, 3.8) is 0 Å². The molecule has 2 rings (SSSR count). The Morgan fingerprint density at radius 2 is 2.29 bits per heavy atom. The largest absolute Gasteiger partial charge is 0.381 e. The Bertz CT molecular complexity index is 430. The Morgan fingerprint density at radius 1 is 1.43 bits per heavy atom. The van der Waals surface area contributed by atoms with Crippen LogP contribution in [-0.4, -0.2) is 49.8 Å². The number of ether oxygens (including phenoxy) is 1. The number of rotatable bonds is 8. The van der Waals surface area contributed by atoms with Crippen LogP contribution in [0.25, 0.3) is 0 Å². The summed E-state index contributed by atoms with van der Waals surface area (Å²) < 4.78 is 5.68. The summed E-state index contributed by atoms with van der Waals surface area (Å²) in [4.78, 5) is 6.98. The van der Waals surface area contributed by atoms with Gasteiger partial charge in [0, 0.05) is 37.4 Å². The molecule has 1 aromatic heterocycles. The molecule has 2 heterocycles. The van der Waals surface area contributed by atoms with Crippen molar-refractivity contribution in [2.75, 3.05) is 39.9 Å². The van der Waals surface area contributed by atoms with Crippen molar-refractivity contribution in [3.8, 4) is 0 Å². The van der Waals surface area contributed by atoms with Crippen LogP contribution >= 0.6 is 0 Å². The molecule has 0 bridgehead atoms. The molecule has 0 spiro atoms. The van der Waals surface area contributed by atoms with E-state index in [9.17, 15) is 0 Å². The number of aryl methyl sites for hydroxylation is 1. The van der Waals surface area contributed by atoms with Gasteiger partial charge in [0.2, 0.25) is 0 Å². The molecular formula is C17H29N3O. The zero-order chi connectivity index (χ0) is 15.1. The zero-order valence-corrected chi connectivity index (χ0v) is 13.7. The summed E-state index contributed by atoms with van der Waals surface area (Å²) in [7, 11) is 2.18. The smallest absolute Gasteiger partial charge is 0.0547 e. The van der Waals surface area contributed by atoms with Crippen molar-refractivity contribution < 1.29 is 4.74 Å². The van der Waals surface area contributed by atoms with Crippen LogP contribution < -0.4 is 5.32 Å². The number of hydrogen-bond acceptors (Lipinski definition) is 4. The molecule has 1 aromatic rings. The molecule has 0 amide bonds. The average molecular weight is 291 g/mol. The second-order valence-electron chi connectivity index (χ2n) is 6.42. The molecule has 1 atom stereocenters. The van der Waals surface area contributed by atoms with Crippen molar-refractivity contribution in [3.05, 3.63) is 29.6 Å². The van der Waals surface area contributed by atoms with E-state index in [1.165, 1.54) is 6.42 Å². The fourth-order valence-corrected chi connectivity index (χ4v) is 3.09. The first-order chi connectivity index (χ1) is 10.1. The summed E-state index contributed by atoms with van der Waals surface area (Å²) in [6.45, 7) is 10.1. The van der Waals surface area contributed by atoms with Crippen molar-refractivity contribution in [1.82, 2.24) is 15.2 Å². The highest BCUT2D eigenvalue weighted by Crippen LogP contribution is 2.29. The maximum absolute atomic E-state index is 5.68. The molecule has 1 aliphatic rings. The third-order valence-electron chi connectivity index (χ3n) is 4.09. The van der Waals surface area contributed by atoms with Gasteiger partial charge < -0.3 is 10.1 Å². The molecule has 1 saturated heterocycles. The topological polar surface area (TPSA) is 37.4 Å². The van der Waals surface area contributed by atoms with Crippen LogP contribution in [0.2, 0.25) is 0 Å². The molecule has 1 N–H and O–H groups in total. The minimum atomic E-state index is 0.258. The van der Waals surface area contributed by atoms with Crippen LogP contribution in [0.5, 0.6) is 0 Å². The van der Waals surface area contributed by atoms with Gasteiger partial charge in [0.15, 0.2) is 0 Å². The monoisotopic (exact) mass is 291 g/mol. The molecule has 0 aliphatic carbocycles. The molecule has 0 radical (unpaired) electrons. The molecule has 118 valence electrons. The quantitative estimate of drug-likeness (QED) is 0.745. The molecule has 1 unspecified atom stereocenters. The molecule has 4 heteroatoms. The lowest BCUT2D eigenvalue weighted by molar-refractivity contribution is 0.116. The predicted molar refractivity (Wildman–Crippen MR) is 86.3 cm³/mol. The summed E-state index contributed by atoms with van der Waals surface area (Å²) in [6.07, 6.45) is 2.33. The lowest BCUT2D eigenvalue weighted by Crippen LogP contribution is -2.43. The molecule has 1 aliphatic heterocycles. The van der Waals surface area contributed by atoms with Crippen molar-refractivity contribution in [1.29, 1.82) is 0 Å². The number of pyridine rings is 1. The first kappa shape index (κ1) is 16.4. The van der Waals surface area contributed by atoms with E-state index in [-0.39, 0.29) is 5.41 Å². The van der Waals surface area contributed by atoms with Gasteiger partial charge in [0.25, 0.3) is 0 Å². The molecule has 4 nitrogen and oxygen atoms in total. The molecule has 1 fully saturated rings. The Morgan fingerprint density at radius 3 is 2.95 bits per heavy atom. The maximum atomic E-state index is 5.68. The van der Waals surface area contributed by atoms with E-state index in [4.69, 9.17) is 4.74 Å². The van der Waals surface area contributed by atoms with Crippen LogP contribution in [0.1, 0.15) is 31.2 Å². The van der Waals surface area contributed by atoms with E-state index < -0.39 is 0 Å². The van der Waals surface area contributed by atoms with E-state index in [1.54, 1.807) is 0 Å². The van der Waals surface area contributed by atoms with Crippen molar-refractivity contribution in [2.45, 2.75) is 33.2 Å². The third kappa shape index (κ3) is 5.06. The Labute approximate surface area is 128 Å². The minimum Gasteiger partial charge on any atom is -0.381 e. The first-order valence-electron chi connectivity index (χ1n) is 8.03. The van der Waals surface area contributed by atoms with E-state index in [2.05, 4.69) is 41.3 Å². The number of aromatic nitrogens is 1. The highest BCUT2D eigenvalue weighted by atomic mass is 16.5. The second-order valence-corrected chi connectivity index (χ2v) is 6.42. The van der Waals surface area contributed by atoms with Gasteiger partial charge in [-0.05, 0) is 45.5 Å². The highest BCUT2D eigenvalue weighted by molar-refractivity contribution is 5.09. The molecule has 21 heavy (non-hydrogen) atoms. The Hall–Kier alpha value is -0.970. The van der Waals surface area contributed by atoms with Crippen LogP contribution in [0.15, 0.2) is 18.2 Å². The van der Waals surface area contributed by atoms with Crippen LogP contribution in [0, 0.1) is 12.3 Å². The normalized spacial score (nSPS) is 22.1. The Balaban J connectivity index is 1.90. The standard InChI is InChI=1S/C17H29N3O/c1-4-9-18-12-17(8-10-21-14-17)13-20(3)11-16-7-5-6-15(2)19-16/h5-7,18H,4,8-14H2,1-3H3. The summed E-state index contributed by atoms with van der Waals surface area (Å²) in [5.41, 5.74) is 2.49. The van der Waals surface area contributed by atoms with Crippen LogP contribution in [0.3, 0.4) is 0 Å². The SMILES string of the molecule is CCCNCC1(CN(C)Cc2cccc(C)n2)CCOC1. The van der Waals surface area contributed by atoms with Crippen molar-refractivity contribution in [2.24, 2.45) is 5.41 Å². The van der Waals surface area contributed by atoms with E-state index in [0.717, 1.165) is 57.2 Å². The second kappa shape index (κ2) is 7.87. The van der Waals surface area contributed by atoms with Crippen LogP contribution in [0.4, 0.5) is 0 Å². The van der Waals surface area contributed by atoms with Crippen LogP contribution in [-0.2, 0) is 11.3 Å². The summed E-state index contributed by atoms with van der Waals surface area (Å²) in [6, 6.07) is 6.24. The van der Waals surface area contributed by atoms with Gasteiger partial charge in [-0.25, -0.2) is 0 Å². The maximum Gasteiger partial charge on any atom is 0.0547 e. The van der Waals surface area contributed by atoms with Gasteiger partial charge in [0.05, 0.1) is 12.3 Å². The third-order valence-corrected chi connectivity index (χ3v) is 4.09. The first-order valence-corrected chi connectivity index (χ1v) is 8.03. The fourth-order valence-electron chi connectivity index (χ4n) is 3.09. The van der Waals surface area contributed by atoms with E-state index in [0.29, 0.717) is 0 Å². The molecule has 0 saturated carbocycles. The van der Waals surface area contributed by atoms with Crippen molar-refractivity contribution >= 4 is 0 Å². The number of nitrogens with zero attached hydrogens (tertiary/aromatic N) is 2. The summed E-state index contributed by atoms with van der Waals surface area (Å²) in [5.74, 6) is 0. The molecule has 0 aromatic carbocycles. The van der Waals surface area contributed by atoms with Gasteiger partial charge >= 0.3 is 0 Å². The fraction of sp³-hybridized carbons (Fsp3) is 0.706. The van der Waals surface area contributed by atoms with Gasteiger partial charge in [-0.15, -0.1) is 0 Å². The summed E-state index contributed by atoms with van der Waals surface area (Å²) in [5, 5.41) is 3.57. The lowest BCUT2D eigenvalue weighted by atomic mass is 9.86. The summed E-state index contributed by atoms with van der Waals surface area (Å²) >= 11 is 0. The highest BCUT2D eigenvalue weighted by Gasteiger charge is 2.35. The molecular weight excluding hydrogens is 262 g/mol. The van der Waals surface area contributed by atoms with Gasteiger partial charge in [0.1, 0.15) is 0 Å². The average Bonchev–Trinajstić information content (AvgIpc) is 2.87. The van der Waals surface area contributed by atoms with Gasteiger partial charge in [-0.2, -0.15) is 0 Å². The zero-order valence-electron chi connectivity index (χ0n) is 13.7. The van der Waals surface area contributed by atoms with Gasteiger partial charge in [-0.1, -0.05) is 13.0 Å². The number of hydrogen-bond donors (Lipinski definition) is 1. The number of nitrogens with one attached hydrogen (secondary N) is 1. The lowest BCUT2D eigenvalue weighted by Gasteiger charge is -2.32. The van der Waals surface area contributed by atoms with E-state index in [1.807, 2.05) is 13.0 Å². The minimum absolute atomic E-state index is 0.258.